The highest BCUT2D eigenvalue weighted by Crippen LogP contribution is 2.30. The van der Waals surface area contributed by atoms with Crippen LogP contribution < -0.4 is 5.73 Å². The molecule has 0 radical (unpaired) electrons. The molecule has 1 aromatic carbocycles. The number of hydrogen-bond acceptors (Lipinski definition) is 5. The number of hydrogen-bond donors (Lipinski definition) is 1. The standard InChI is InChI=1S/C13H17N3S2/c1-8-6-12(5-4-11(8)7-9(2)14)17-13-15-10(3)16-18-13/h4-6,9H,7,14H2,1-3H3. The smallest absolute Gasteiger partial charge is 0.174 e. The summed E-state index contributed by atoms with van der Waals surface area (Å²) in [7, 11) is 0. The van der Waals surface area contributed by atoms with Gasteiger partial charge in [-0.05, 0) is 62.0 Å². The fourth-order valence-corrected chi connectivity index (χ4v) is 3.45. The van der Waals surface area contributed by atoms with Crippen molar-refractivity contribution in [2.24, 2.45) is 5.73 Å². The van der Waals surface area contributed by atoms with Crippen molar-refractivity contribution < 1.29 is 0 Å². The number of aromatic nitrogens is 2. The van der Waals surface area contributed by atoms with Crippen molar-refractivity contribution in [3.8, 4) is 0 Å². The first-order chi connectivity index (χ1) is 8.54. The molecule has 1 atom stereocenters. The number of aryl methyl sites for hydroxylation is 2. The zero-order valence-electron chi connectivity index (χ0n) is 10.8. The lowest BCUT2D eigenvalue weighted by Crippen LogP contribution is -2.18. The minimum Gasteiger partial charge on any atom is -0.328 e. The van der Waals surface area contributed by atoms with E-state index in [1.54, 1.807) is 11.8 Å². The average molecular weight is 279 g/mol. The van der Waals surface area contributed by atoms with Crippen LogP contribution in [0.5, 0.6) is 0 Å². The Kier molecular flexibility index (Phi) is 4.37. The van der Waals surface area contributed by atoms with Gasteiger partial charge in [0.1, 0.15) is 5.82 Å². The zero-order valence-corrected chi connectivity index (χ0v) is 12.4. The molecule has 1 aromatic heterocycles. The van der Waals surface area contributed by atoms with Crippen molar-refractivity contribution in [2.45, 2.75) is 42.5 Å². The molecule has 96 valence electrons. The van der Waals surface area contributed by atoms with Gasteiger partial charge >= 0.3 is 0 Å². The Balaban J connectivity index is 2.13. The van der Waals surface area contributed by atoms with E-state index >= 15 is 0 Å². The lowest BCUT2D eigenvalue weighted by atomic mass is 10.0. The van der Waals surface area contributed by atoms with E-state index in [1.807, 2.05) is 13.8 Å². The quantitative estimate of drug-likeness (QED) is 0.934. The number of nitrogens with two attached hydrogens (primary N) is 1. The van der Waals surface area contributed by atoms with Gasteiger partial charge in [-0.25, -0.2) is 4.98 Å². The molecule has 0 aliphatic heterocycles. The summed E-state index contributed by atoms with van der Waals surface area (Å²) < 4.78 is 5.18. The summed E-state index contributed by atoms with van der Waals surface area (Å²) in [6.07, 6.45) is 0.925. The van der Waals surface area contributed by atoms with Gasteiger partial charge in [0, 0.05) is 10.9 Å². The maximum absolute atomic E-state index is 5.84. The van der Waals surface area contributed by atoms with E-state index in [1.165, 1.54) is 27.6 Å². The molecule has 2 aromatic rings. The first-order valence-electron chi connectivity index (χ1n) is 5.88. The largest absolute Gasteiger partial charge is 0.328 e. The molecule has 0 aliphatic carbocycles. The summed E-state index contributed by atoms with van der Waals surface area (Å²) in [5, 5.41) is 0. The van der Waals surface area contributed by atoms with E-state index in [2.05, 4.69) is 34.5 Å². The molecule has 3 nitrogen and oxygen atoms in total. The molecule has 18 heavy (non-hydrogen) atoms. The summed E-state index contributed by atoms with van der Waals surface area (Å²) in [4.78, 5) is 5.56. The summed E-state index contributed by atoms with van der Waals surface area (Å²) in [5.74, 6) is 0.841. The molecule has 0 saturated carbocycles. The summed E-state index contributed by atoms with van der Waals surface area (Å²) in [6.45, 7) is 6.08. The van der Waals surface area contributed by atoms with Crippen LogP contribution in [0.15, 0.2) is 27.4 Å². The highest BCUT2D eigenvalue weighted by atomic mass is 32.2. The van der Waals surface area contributed by atoms with Crippen molar-refractivity contribution in [2.75, 3.05) is 0 Å². The second kappa shape index (κ2) is 5.82. The molecule has 2 N–H and O–H groups in total. The van der Waals surface area contributed by atoms with Crippen LogP contribution in [0.2, 0.25) is 0 Å². The molecule has 5 heteroatoms. The molecule has 0 saturated heterocycles. The fraction of sp³-hybridized carbons (Fsp3) is 0.385. The highest BCUT2D eigenvalue weighted by molar-refractivity contribution is 8.01. The van der Waals surface area contributed by atoms with Crippen molar-refractivity contribution in [1.82, 2.24) is 9.36 Å². The van der Waals surface area contributed by atoms with Crippen molar-refractivity contribution in [1.29, 1.82) is 0 Å². The monoisotopic (exact) mass is 279 g/mol. The Morgan fingerprint density at radius 1 is 1.39 bits per heavy atom. The topological polar surface area (TPSA) is 51.8 Å². The van der Waals surface area contributed by atoms with Crippen LogP contribution in [-0.2, 0) is 6.42 Å². The molecule has 1 heterocycles. The average Bonchev–Trinajstić information content (AvgIpc) is 2.68. The van der Waals surface area contributed by atoms with Crippen LogP contribution in [0.1, 0.15) is 23.9 Å². The van der Waals surface area contributed by atoms with Gasteiger partial charge in [-0.1, -0.05) is 17.8 Å². The predicted octanol–water partition coefficient (Wildman–Crippen LogP) is 3.20. The third-order valence-corrected chi connectivity index (χ3v) is 4.40. The molecular formula is C13H17N3S2. The van der Waals surface area contributed by atoms with Gasteiger partial charge < -0.3 is 5.73 Å². The number of benzene rings is 1. The van der Waals surface area contributed by atoms with E-state index in [0.29, 0.717) is 0 Å². The van der Waals surface area contributed by atoms with Crippen molar-refractivity contribution >= 4 is 23.3 Å². The maximum atomic E-state index is 5.84. The van der Waals surface area contributed by atoms with Crippen LogP contribution in [0.4, 0.5) is 0 Å². The van der Waals surface area contributed by atoms with E-state index in [9.17, 15) is 0 Å². The Bertz CT molecular complexity index is 535. The van der Waals surface area contributed by atoms with E-state index in [0.717, 1.165) is 16.6 Å². The summed E-state index contributed by atoms with van der Waals surface area (Å²) in [6, 6.07) is 6.69. The molecule has 0 amide bonds. The summed E-state index contributed by atoms with van der Waals surface area (Å²) >= 11 is 3.11. The molecule has 0 spiro atoms. The first kappa shape index (κ1) is 13.5. The second-order valence-electron chi connectivity index (χ2n) is 4.48. The number of rotatable bonds is 4. The second-order valence-corrected chi connectivity index (χ2v) is 6.55. The molecule has 0 fully saturated rings. The molecule has 0 bridgehead atoms. The third-order valence-electron chi connectivity index (χ3n) is 2.57. The Morgan fingerprint density at radius 3 is 2.72 bits per heavy atom. The number of nitrogens with zero attached hydrogens (tertiary/aromatic N) is 2. The van der Waals surface area contributed by atoms with Crippen LogP contribution in [-0.4, -0.2) is 15.4 Å². The van der Waals surface area contributed by atoms with Crippen molar-refractivity contribution in [3.63, 3.8) is 0 Å². The SMILES string of the molecule is Cc1nsc(Sc2ccc(CC(C)N)c(C)c2)n1. The molecule has 1 unspecified atom stereocenters. The zero-order chi connectivity index (χ0) is 13.1. The third kappa shape index (κ3) is 3.54. The lowest BCUT2D eigenvalue weighted by Gasteiger charge is -2.09. The highest BCUT2D eigenvalue weighted by Gasteiger charge is 2.06. The Hall–Kier alpha value is -0.910. The van der Waals surface area contributed by atoms with Gasteiger partial charge in [-0.2, -0.15) is 4.37 Å². The van der Waals surface area contributed by atoms with Gasteiger partial charge in [-0.15, -0.1) is 0 Å². The van der Waals surface area contributed by atoms with Gasteiger partial charge in [0.05, 0.1) is 0 Å². The molecule has 2 rings (SSSR count). The molecule has 0 aliphatic rings. The minimum atomic E-state index is 0.202. The van der Waals surface area contributed by atoms with E-state index in [4.69, 9.17) is 5.73 Å². The van der Waals surface area contributed by atoms with Crippen LogP contribution in [0, 0.1) is 13.8 Å². The Morgan fingerprint density at radius 2 is 2.17 bits per heavy atom. The van der Waals surface area contributed by atoms with Gasteiger partial charge in [0.15, 0.2) is 4.34 Å². The van der Waals surface area contributed by atoms with Gasteiger partial charge in [0.2, 0.25) is 0 Å². The minimum absolute atomic E-state index is 0.202. The van der Waals surface area contributed by atoms with E-state index < -0.39 is 0 Å². The Labute approximate surface area is 116 Å². The molecular weight excluding hydrogens is 262 g/mol. The maximum Gasteiger partial charge on any atom is 0.174 e. The van der Waals surface area contributed by atoms with Crippen molar-refractivity contribution in [3.05, 3.63) is 35.2 Å². The fourth-order valence-electron chi connectivity index (χ4n) is 1.73. The van der Waals surface area contributed by atoms with Crippen LogP contribution >= 0.6 is 23.3 Å². The normalized spacial score (nSPS) is 12.7. The van der Waals surface area contributed by atoms with Gasteiger partial charge in [-0.3, -0.25) is 0 Å². The first-order valence-corrected chi connectivity index (χ1v) is 7.47. The lowest BCUT2D eigenvalue weighted by molar-refractivity contribution is 0.734. The summed E-state index contributed by atoms with van der Waals surface area (Å²) in [5.41, 5.74) is 8.45. The van der Waals surface area contributed by atoms with Gasteiger partial charge in [0.25, 0.3) is 0 Å². The van der Waals surface area contributed by atoms with Crippen LogP contribution in [0.25, 0.3) is 0 Å². The van der Waals surface area contributed by atoms with E-state index in [-0.39, 0.29) is 6.04 Å². The predicted molar refractivity (Wildman–Crippen MR) is 77.3 cm³/mol. The van der Waals surface area contributed by atoms with Crippen LogP contribution in [0.3, 0.4) is 0 Å².